The van der Waals surface area contributed by atoms with Crippen LogP contribution in [-0.4, -0.2) is 6.21 Å². The van der Waals surface area contributed by atoms with Crippen LogP contribution in [0.4, 0.5) is 0 Å². The van der Waals surface area contributed by atoms with E-state index < -0.39 is 0 Å². The third-order valence-electron chi connectivity index (χ3n) is 11.2. The summed E-state index contributed by atoms with van der Waals surface area (Å²) in [6.07, 6.45) is 2.04. The van der Waals surface area contributed by atoms with Crippen molar-refractivity contribution in [2.45, 2.75) is 10.9 Å². The Balaban J connectivity index is 1.11. The maximum atomic E-state index is 6.95. The lowest BCUT2D eigenvalue weighted by Gasteiger charge is -2.15. The summed E-state index contributed by atoms with van der Waals surface area (Å²) in [5, 5.41) is 10.2. The van der Waals surface area contributed by atoms with Gasteiger partial charge in [-0.05, 0) is 90.5 Å². The van der Waals surface area contributed by atoms with Gasteiger partial charge >= 0.3 is 0 Å². The van der Waals surface area contributed by atoms with Crippen LogP contribution in [0, 0.1) is 0 Å². The van der Waals surface area contributed by atoms with Crippen molar-refractivity contribution in [3.63, 3.8) is 0 Å². The fourth-order valence-electron chi connectivity index (χ4n) is 8.44. The first-order valence-electron chi connectivity index (χ1n) is 18.9. The number of hydrogen-bond donors (Lipinski definition) is 1. The van der Waals surface area contributed by atoms with Gasteiger partial charge < -0.3 is 5.73 Å². The molecule has 1 unspecified atom stereocenters. The van der Waals surface area contributed by atoms with E-state index in [0.717, 1.165) is 38.4 Å². The first-order valence-corrected chi connectivity index (χ1v) is 20.6. The molecule has 2 nitrogen and oxygen atoms in total. The average molecular weight is 751 g/mol. The number of nitrogens with two attached hydrogens (primary N) is 1. The zero-order chi connectivity index (χ0) is 37.2. The molecule has 0 radical (unpaired) electrons. The van der Waals surface area contributed by atoms with Crippen LogP contribution in [0.5, 0.6) is 0 Å². The van der Waals surface area contributed by atoms with Crippen LogP contribution >= 0.6 is 23.1 Å². The quantitative estimate of drug-likeness (QED) is 0.141. The molecular formula is C52H34N2S2. The number of benzene rings is 9. The Morgan fingerprint density at radius 3 is 1.82 bits per heavy atom. The van der Waals surface area contributed by atoms with E-state index in [4.69, 9.17) is 10.7 Å². The molecule has 9 aromatic carbocycles. The SMILES string of the molecule is NC1/C(=C(\N=Cc2ccc(-c3ccc4c(c3)sc3ccccc34)cc2-c2ccc3c4ccccc4c4ccccc4c3c2)c2ccccc2)Sc2ccccc21. The van der Waals surface area contributed by atoms with Gasteiger partial charge in [0.15, 0.2) is 0 Å². The molecule has 1 atom stereocenters. The van der Waals surface area contributed by atoms with Crippen molar-refractivity contribution in [1.82, 2.24) is 0 Å². The maximum absolute atomic E-state index is 6.95. The fraction of sp³-hybridized carbons (Fsp3) is 0.0192. The summed E-state index contributed by atoms with van der Waals surface area (Å²) in [5.41, 5.74) is 15.7. The second kappa shape index (κ2) is 13.5. The molecule has 0 saturated heterocycles. The molecule has 2 N–H and O–H groups in total. The zero-order valence-corrected chi connectivity index (χ0v) is 31.9. The van der Waals surface area contributed by atoms with E-state index >= 15 is 0 Å². The van der Waals surface area contributed by atoms with Gasteiger partial charge in [-0.25, -0.2) is 0 Å². The van der Waals surface area contributed by atoms with Crippen LogP contribution in [0.2, 0.25) is 0 Å². The number of thiophene rings is 1. The summed E-state index contributed by atoms with van der Waals surface area (Å²) >= 11 is 3.59. The Morgan fingerprint density at radius 2 is 1.05 bits per heavy atom. The minimum atomic E-state index is -0.238. The highest BCUT2D eigenvalue weighted by atomic mass is 32.2. The summed E-state index contributed by atoms with van der Waals surface area (Å²) in [6.45, 7) is 0. The van der Waals surface area contributed by atoms with E-state index in [1.807, 2.05) is 23.6 Å². The molecule has 0 saturated carbocycles. The Kier molecular flexibility index (Phi) is 7.95. The molecule has 0 amide bonds. The topological polar surface area (TPSA) is 38.4 Å². The van der Waals surface area contributed by atoms with Crippen LogP contribution < -0.4 is 5.73 Å². The molecule has 264 valence electrons. The highest BCUT2D eigenvalue weighted by Crippen LogP contribution is 2.49. The summed E-state index contributed by atoms with van der Waals surface area (Å²) in [7, 11) is 0. The Labute approximate surface area is 333 Å². The second-order valence-electron chi connectivity index (χ2n) is 14.4. The van der Waals surface area contributed by atoms with Crippen LogP contribution in [0.1, 0.15) is 22.7 Å². The van der Waals surface area contributed by atoms with Gasteiger partial charge in [-0.3, -0.25) is 4.99 Å². The molecule has 0 fully saturated rings. The predicted octanol–water partition coefficient (Wildman–Crippen LogP) is 14.4. The molecule has 2 heterocycles. The molecule has 4 heteroatoms. The monoisotopic (exact) mass is 750 g/mol. The van der Waals surface area contributed by atoms with Gasteiger partial charge in [0.1, 0.15) is 0 Å². The molecule has 11 rings (SSSR count). The van der Waals surface area contributed by atoms with Gasteiger partial charge in [-0.1, -0.05) is 163 Å². The first kappa shape index (κ1) is 33.1. The molecular weight excluding hydrogens is 717 g/mol. The van der Waals surface area contributed by atoms with E-state index in [0.29, 0.717) is 0 Å². The van der Waals surface area contributed by atoms with Gasteiger partial charge in [0, 0.05) is 47.3 Å². The highest BCUT2D eigenvalue weighted by Gasteiger charge is 2.28. The lowest BCUT2D eigenvalue weighted by molar-refractivity contribution is 0.891. The number of rotatable bonds is 5. The molecule has 1 aliphatic rings. The van der Waals surface area contributed by atoms with Crippen LogP contribution in [0.25, 0.3) is 80.4 Å². The van der Waals surface area contributed by atoms with E-state index in [2.05, 4.69) is 176 Å². The molecule has 56 heavy (non-hydrogen) atoms. The van der Waals surface area contributed by atoms with Crippen LogP contribution in [0.3, 0.4) is 0 Å². The largest absolute Gasteiger partial charge is 0.320 e. The fourth-order valence-corrected chi connectivity index (χ4v) is 10.8. The van der Waals surface area contributed by atoms with Gasteiger partial charge in [0.25, 0.3) is 0 Å². The molecule has 0 aliphatic carbocycles. The van der Waals surface area contributed by atoms with E-state index in [-0.39, 0.29) is 6.04 Å². The number of nitrogens with zero attached hydrogens (tertiary/aromatic N) is 1. The Bertz CT molecular complexity index is 3210. The second-order valence-corrected chi connectivity index (χ2v) is 16.6. The molecule has 1 aliphatic heterocycles. The number of fused-ring (bicyclic) bond motifs is 10. The standard InChI is InChI=1S/C52H34N2S2/c53-50-44-19-9-11-21-48(44)56-52(50)51(32-12-2-1-3-13-32)54-31-36-23-22-33(34-24-27-43-42-18-8-10-20-47(42)55-49(43)30-34)28-45(36)35-25-26-41-39-16-5-4-14-37(39)38-15-6-7-17-40(38)46(41)29-35/h1-31,50H,53H2/b52-51+,54-31?. The van der Waals surface area contributed by atoms with Crippen molar-refractivity contribution in [2.75, 3.05) is 0 Å². The van der Waals surface area contributed by atoms with Gasteiger partial charge in [0.05, 0.1) is 11.7 Å². The maximum Gasteiger partial charge on any atom is 0.0820 e. The third-order valence-corrected chi connectivity index (χ3v) is 13.6. The minimum absolute atomic E-state index is 0.238. The van der Waals surface area contributed by atoms with Crippen molar-refractivity contribution in [3.05, 3.63) is 204 Å². The third kappa shape index (κ3) is 5.49. The normalized spacial score (nSPS) is 15.1. The van der Waals surface area contributed by atoms with Gasteiger partial charge in [-0.15, -0.1) is 11.3 Å². The predicted molar refractivity (Wildman–Crippen MR) is 243 cm³/mol. The van der Waals surface area contributed by atoms with E-state index in [1.54, 1.807) is 11.8 Å². The number of aliphatic imine (C=N–C) groups is 1. The Hall–Kier alpha value is -6.30. The van der Waals surface area contributed by atoms with Crippen molar-refractivity contribution < 1.29 is 0 Å². The van der Waals surface area contributed by atoms with Crippen LogP contribution in [0.15, 0.2) is 197 Å². The van der Waals surface area contributed by atoms with E-state index in [9.17, 15) is 0 Å². The van der Waals surface area contributed by atoms with Crippen molar-refractivity contribution >= 4 is 87.5 Å². The average Bonchev–Trinajstić information content (AvgIpc) is 3.81. The summed E-state index contributed by atoms with van der Waals surface area (Å²) in [4.78, 5) is 7.59. The smallest absolute Gasteiger partial charge is 0.0820 e. The lowest BCUT2D eigenvalue weighted by atomic mass is 9.90. The van der Waals surface area contributed by atoms with Gasteiger partial charge in [0.2, 0.25) is 0 Å². The van der Waals surface area contributed by atoms with E-state index in [1.165, 1.54) is 68.5 Å². The van der Waals surface area contributed by atoms with Crippen molar-refractivity contribution in [3.8, 4) is 22.3 Å². The van der Waals surface area contributed by atoms with Crippen molar-refractivity contribution in [2.24, 2.45) is 10.7 Å². The summed E-state index contributed by atoms with van der Waals surface area (Å²) in [5.74, 6) is 0. The minimum Gasteiger partial charge on any atom is -0.320 e. The Morgan fingerprint density at radius 1 is 0.482 bits per heavy atom. The molecule has 0 spiro atoms. The van der Waals surface area contributed by atoms with Crippen LogP contribution in [-0.2, 0) is 0 Å². The number of thioether (sulfide) groups is 1. The highest BCUT2D eigenvalue weighted by molar-refractivity contribution is 8.03. The lowest BCUT2D eigenvalue weighted by Crippen LogP contribution is -2.08. The summed E-state index contributed by atoms with van der Waals surface area (Å²) < 4.78 is 2.61. The molecule has 10 aromatic rings. The first-order chi connectivity index (χ1) is 27.7. The molecule has 0 bridgehead atoms. The van der Waals surface area contributed by atoms with Crippen molar-refractivity contribution in [1.29, 1.82) is 0 Å². The number of hydrogen-bond acceptors (Lipinski definition) is 4. The molecule has 1 aromatic heterocycles. The summed E-state index contributed by atoms with van der Waals surface area (Å²) in [6, 6.07) is 65.6. The van der Waals surface area contributed by atoms with Gasteiger partial charge in [-0.2, -0.15) is 0 Å². The zero-order valence-electron chi connectivity index (χ0n) is 30.3.